The van der Waals surface area contributed by atoms with E-state index in [9.17, 15) is 9.90 Å². The lowest BCUT2D eigenvalue weighted by Crippen LogP contribution is -2.37. The molecule has 0 saturated heterocycles. The largest absolute Gasteiger partial charge is 0.388 e. The molecule has 0 bridgehead atoms. The van der Waals surface area contributed by atoms with Gasteiger partial charge in [0.1, 0.15) is 5.52 Å². The van der Waals surface area contributed by atoms with E-state index in [1.807, 2.05) is 24.3 Å². The Morgan fingerprint density at radius 2 is 1.87 bits per heavy atom. The third-order valence-corrected chi connectivity index (χ3v) is 5.54. The van der Waals surface area contributed by atoms with Gasteiger partial charge in [-0.3, -0.25) is 14.3 Å². The Labute approximate surface area is 178 Å². The van der Waals surface area contributed by atoms with Gasteiger partial charge in [-0.15, -0.1) is 0 Å². The summed E-state index contributed by atoms with van der Waals surface area (Å²) in [5.41, 5.74) is 1.96. The molecule has 0 aliphatic rings. The molecule has 1 atom stereocenters. The van der Waals surface area contributed by atoms with Crippen molar-refractivity contribution in [1.29, 1.82) is 0 Å². The Morgan fingerprint density at radius 1 is 1.13 bits per heavy atom. The van der Waals surface area contributed by atoms with Crippen molar-refractivity contribution in [2.24, 2.45) is 0 Å². The van der Waals surface area contributed by atoms with E-state index in [4.69, 9.17) is 16.6 Å². The quantitative estimate of drug-likeness (QED) is 0.525. The van der Waals surface area contributed by atoms with Gasteiger partial charge < -0.3 is 5.11 Å². The summed E-state index contributed by atoms with van der Waals surface area (Å²) in [7, 11) is 0. The van der Waals surface area contributed by atoms with Crippen molar-refractivity contribution < 1.29 is 5.11 Å². The molecule has 0 aliphatic heterocycles. The average Bonchev–Trinajstić information content (AvgIpc) is 2.73. The molecular weight excluding hydrogens is 400 g/mol. The molecule has 3 aromatic heterocycles. The normalized spacial score (nSPS) is 12.8. The second-order valence-corrected chi connectivity index (χ2v) is 8.22. The highest BCUT2D eigenvalue weighted by atomic mass is 35.5. The molecule has 0 fully saturated rings. The molecule has 0 saturated carbocycles. The van der Waals surface area contributed by atoms with Crippen LogP contribution in [0.15, 0.2) is 66.0 Å². The highest BCUT2D eigenvalue weighted by Crippen LogP contribution is 2.29. The van der Waals surface area contributed by atoms with Crippen LogP contribution in [0.3, 0.4) is 0 Å². The van der Waals surface area contributed by atoms with Crippen molar-refractivity contribution in [3.05, 3.63) is 76.6 Å². The summed E-state index contributed by atoms with van der Waals surface area (Å²) in [6.07, 6.45) is 4.84. The number of rotatable bonds is 4. The van der Waals surface area contributed by atoms with Gasteiger partial charge in [0.15, 0.2) is 0 Å². The standard InChI is InChI=1S/C23H21ClN4O2/c1-14(23(2,3)30)28-13-26-21-18(22(28)29)11-19(15-6-8-17(24)9-7-15)27-20(21)16-5-4-10-25-12-16/h4-14,30H,1-3H3/t14-/m1/s1. The van der Waals surface area contributed by atoms with Crippen LogP contribution in [0.25, 0.3) is 33.4 Å². The van der Waals surface area contributed by atoms with Gasteiger partial charge >= 0.3 is 0 Å². The second-order valence-electron chi connectivity index (χ2n) is 7.79. The molecule has 3 heterocycles. The van der Waals surface area contributed by atoms with Crippen LogP contribution in [0, 0.1) is 0 Å². The van der Waals surface area contributed by atoms with Gasteiger partial charge in [0.05, 0.1) is 34.7 Å². The van der Waals surface area contributed by atoms with Crippen molar-refractivity contribution in [2.75, 3.05) is 0 Å². The molecule has 1 N–H and O–H groups in total. The summed E-state index contributed by atoms with van der Waals surface area (Å²) in [4.78, 5) is 26.9. The number of fused-ring (bicyclic) bond motifs is 1. The van der Waals surface area contributed by atoms with Crippen LogP contribution in [0.2, 0.25) is 5.02 Å². The lowest BCUT2D eigenvalue weighted by Gasteiger charge is -2.27. The van der Waals surface area contributed by atoms with Crippen molar-refractivity contribution in [3.63, 3.8) is 0 Å². The van der Waals surface area contributed by atoms with Crippen LogP contribution in [-0.2, 0) is 0 Å². The number of pyridine rings is 2. The second kappa shape index (κ2) is 7.63. The predicted octanol–water partition coefficient (Wildman–Crippen LogP) is 4.51. The van der Waals surface area contributed by atoms with Crippen LogP contribution in [0.1, 0.15) is 26.8 Å². The molecule has 0 aliphatic carbocycles. The highest BCUT2D eigenvalue weighted by molar-refractivity contribution is 6.30. The van der Waals surface area contributed by atoms with Crippen LogP contribution < -0.4 is 5.56 Å². The van der Waals surface area contributed by atoms with Gasteiger partial charge in [-0.1, -0.05) is 23.7 Å². The van der Waals surface area contributed by atoms with Gasteiger partial charge in [0, 0.05) is 28.5 Å². The first-order valence-corrected chi connectivity index (χ1v) is 9.94. The molecule has 7 heteroatoms. The Kier molecular flexibility index (Phi) is 5.13. The van der Waals surface area contributed by atoms with Crippen LogP contribution >= 0.6 is 11.6 Å². The van der Waals surface area contributed by atoms with E-state index in [1.165, 1.54) is 10.9 Å². The fourth-order valence-electron chi connectivity index (χ4n) is 3.23. The van der Waals surface area contributed by atoms with Gasteiger partial charge in [0.2, 0.25) is 0 Å². The van der Waals surface area contributed by atoms with E-state index in [1.54, 1.807) is 51.4 Å². The summed E-state index contributed by atoms with van der Waals surface area (Å²) in [5, 5.41) is 11.5. The first-order chi connectivity index (χ1) is 14.3. The minimum atomic E-state index is -1.09. The number of benzene rings is 1. The molecule has 0 unspecified atom stereocenters. The third kappa shape index (κ3) is 3.72. The SMILES string of the molecule is C[C@@H](n1cnc2c(-c3cccnc3)nc(-c3ccc(Cl)cc3)cc2c1=O)C(C)(C)O. The van der Waals surface area contributed by atoms with Gasteiger partial charge in [-0.2, -0.15) is 0 Å². The Balaban J connectivity index is 2.03. The fraction of sp³-hybridized carbons (Fsp3) is 0.217. The van der Waals surface area contributed by atoms with E-state index >= 15 is 0 Å². The van der Waals surface area contributed by atoms with E-state index in [-0.39, 0.29) is 5.56 Å². The Hall–Kier alpha value is -3.09. The number of hydrogen-bond acceptors (Lipinski definition) is 5. The van der Waals surface area contributed by atoms with Crippen LogP contribution in [-0.4, -0.2) is 30.2 Å². The van der Waals surface area contributed by atoms with Crippen molar-refractivity contribution in [3.8, 4) is 22.5 Å². The Morgan fingerprint density at radius 3 is 2.50 bits per heavy atom. The van der Waals surface area contributed by atoms with E-state index < -0.39 is 11.6 Å². The van der Waals surface area contributed by atoms with Crippen molar-refractivity contribution in [1.82, 2.24) is 19.5 Å². The monoisotopic (exact) mass is 420 g/mol. The van der Waals surface area contributed by atoms with Crippen LogP contribution in [0.4, 0.5) is 0 Å². The fourth-order valence-corrected chi connectivity index (χ4v) is 3.36. The number of nitrogens with zero attached hydrogens (tertiary/aromatic N) is 4. The number of aromatic nitrogens is 4. The topological polar surface area (TPSA) is 80.9 Å². The zero-order chi connectivity index (χ0) is 21.5. The third-order valence-electron chi connectivity index (χ3n) is 5.28. The van der Waals surface area contributed by atoms with Gasteiger partial charge in [0.25, 0.3) is 5.56 Å². The zero-order valence-electron chi connectivity index (χ0n) is 16.9. The summed E-state index contributed by atoms with van der Waals surface area (Å²) in [5.74, 6) is 0. The predicted molar refractivity (Wildman–Crippen MR) is 118 cm³/mol. The first kappa shape index (κ1) is 20.2. The molecule has 152 valence electrons. The molecule has 4 rings (SSSR count). The zero-order valence-corrected chi connectivity index (χ0v) is 17.6. The Bertz CT molecular complexity index is 1260. The molecule has 30 heavy (non-hydrogen) atoms. The number of hydrogen-bond donors (Lipinski definition) is 1. The molecule has 0 radical (unpaired) electrons. The average molecular weight is 421 g/mol. The molecule has 1 aromatic carbocycles. The minimum Gasteiger partial charge on any atom is -0.388 e. The maximum absolute atomic E-state index is 13.4. The smallest absolute Gasteiger partial charge is 0.261 e. The highest BCUT2D eigenvalue weighted by Gasteiger charge is 2.26. The first-order valence-electron chi connectivity index (χ1n) is 9.56. The molecular formula is C23H21ClN4O2. The van der Waals surface area contributed by atoms with Gasteiger partial charge in [-0.05, 0) is 51.1 Å². The molecule has 6 nitrogen and oxygen atoms in total. The van der Waals surface area contributed by atoms with Crippen molar-refractivity contribution in [2.45, 2.75) is 32.4 Å². The lowest BCUT2D eigenvalue weighted by molar-refractivity contribution is 0.0290. The van der Waals surface area contributed by atoms with E-state index in [0.717, 1.165) is 11.1 Å². The number of halogens is 1. The summed E-state index contributed by atoms with van der Waals surface area (Å²) < 4.78 is 1.46. The molecule has 4 aromatic rings. The maximum Gasteiger partial charge on any atom is 0.261 e. The summed E-state index contributed by atoms with van der Waals surface area (Å²) >= 11 is 6.03. The maximum atomic E-state index is 13.4. The van der Waals surface area contributed by atoms with E-state index in [2.05, 4.69) is 9.97 Å². The summed E-state index contributed by atoms with van der Waals surface area (Å²) in [6.45, 7) is 5.13. The number of aliphatic hydroxyl groups is 1. The molecule has 0 spiro atoms. The van der Waals surface area contributed by atoms with Gasteiger partial charge in [-0.25, -0.2) is 9.97 Å². The van der Waals surface area contributed by atoms with Crippen molar-refractivity contribution >= 4 is 22.5 Å². The van der Waals surface area contributed by atoms with Crippen LogP contribution in [0.5, 0.6) is 0 Å². The summed E-state index contributed by atoms with van der Waals surface area (Å²) in [6, 6.07) is 12.3. The minimum absolute atomic E-state index is 0.239. The van der Waals surface area contributed by atoms with E-state index in [0.29, 0.717) is 27.3 Å². The molecule has 0 amide bonds. The lowest BCUT2D eigenvalue weighted by atomic mass is 10.0.